The zero-order valence-corrected chi connectivity index (χ0v) is 7.86. The van der Waals surface area contributed by atoms with Gasteiger partial charge in [-0.05, 0) is 12.7 Å². The third-order valence-corrected chi connectivity index (χ3v) is 2.82. The molecule has 0 aromatic carbocycles. The van der Waals surface area contributed by atoms with Crippen LogP contribution in [0.15, 0.2) is 0 Å². The second-order valence-electron chi connectivity index (χ2n) is 2.90. The maximum atomic E-state index is 13.0. The van der Waals surface area contributed by atoms with Crippen LogP contribution >= 0.6 is 11.8 Å². The van der Waals surface area contributed by atoms with E-state index in [0.717, 1.165) is 12.8 Å². The van der Waals surface area contributed by atoms with Crippen LogP contribution in [0.4, 0.5) is 4.39 Å². The summed E-state index contributed by atoms with van der Waals surface area (Å²) in [6.45, 7) is 2.10. The van der Waals surface area contributed by atoms with E-state index in [4.69, 9.17) is 4.74 Å². The average molecular weight is 178 g/mol. The summed E-state index contributed by atoms with van der Waals surface area (Å²) in [5.41, 5.74) is -0.202. The summed E-state index contributed by atoms with van der Waals surface area (Å²) in [6.07, 6.45) is 4.00. The molecule has 3 heteroatoms. The molecule has 1 rings (SSSR count). The summed E-state index contributed by atoms with van der Waals surface area (Å²) in [5, 5.41) is 0. The van der Waals surface area contributed by atoms with Crippen LogP contribution in [0.5, 0.6) is 0 Å². The van der Waals surface area contributed by atoms with Crippen LogP contribution in [0.1, 0.15) is 26.2 Å². The Morgan fingerprint density at radius 3 is 2.82 bits per heavy atom. The van der Waals surface area contributed by atoms with Crippen LogP contribution in [0, 0.1) is 0 Å². The molecule has 11 heavy (non-hydrogen) atoms. The van der Waals surface area contributed by atoms with E-state index < -0.39 is 6.17 Å². The minimum Gasteiger partial charge on any atom is -0.361 e. The van der Waals surface area contributed by atoms with Crippen LogP contribution in [-0.4, -0.2) is 24.0 Å². The fraction of sp³-hybridized carbons (Fsp3) is 1.00. The molecule has 1 aliphatic heterocycles. The number of ether oxygens (including phenoxy) is 1. The Bertz CT molecular complexity index is 121. The highest BCUT2D eigenvalue weighted by atomic mass is 32.2. The van der Waals surface area contributed by atoms with E-state index in [1.807, 2.05) is 6.26 Å². The lowest BCUT2D eigenvalue weighted by Gasteiger charge is -2.09. The Morgan fingerprint density at radius 1 is 1.64 bits per heavy atom. The van der Waals surface area contributed by atoms with Gasteiger partial charge in [0.25, 0.3) is 0 Å². The first-order chi connectivity index (χ1) is 5.27. The van der Waals surface area contributed by atoms with Gasteiger partial charge in [0.2, 0.25) is 0 Å². The van der Waals surface area contributed by atoms with Crippen molar-refractivity contribution < 1.29 is 9.13 Å². The van der Waals surface area contributed by atoms with Gasteiger partial charge in [0, 0.05) is 6.42 Å². The van der Waals surface area contributed by atoms with E-state index in [2.05, 4.69) is 6.92 Å². The third-order valence-electron chi connectivity index (χ3n) is 1.95. The molecule has 0 radical (unpaired) electrons. The molecule has 3 unspecified atom stereocenters. The highest BCUT2D eigenvalue weighted by Gasteiger charge is 2.33. The van der Waals surface area contributed by atoms with E-state index in [1.54, 1.807) is 0 Å². The standard InChI is InChI=1S/C8H15FOS/c1-3-4-6-5-7(9)8(10-6)11-2/h6-8H,3-5H2,1-2H3. The molecule has 0 bridgehead atoms. The summed E-state index contributed by atoms with van der Waals surface area (Å²) >= 11 is 1.47. The fourth-order valence-corrected chi connectivity index (χ4v) is 2.08. The summed E-state index contributed by atoms with van der Waals surface area (Å²) in [7, 11) is 0. The van der Waals surface area contributed by atoms with Gasteiger partial charge in [-0.2, -0.15) is 0 Å². The van der Waals surface area contributed by atoms with E-state index in [1.165, 1.54) is 11.8 Å². The summed E-state index contributed by atoms with van der Waals surface area (Å²) in [4.78, 5) is 0. The molecule has 1 heterocycles. The predicted molar refractivity (Wildman–Crippen MR) is 46.6 cm³/mol. The molecule has 0 aliphatic carbocycles. The van der Waals surface area contributed by atoms with Gasteiger partial charge < -0.3 is 4.74 Å². The van der Waals surface area contributed by atoms with Crippen LogP contribution in [-0.2, 0) is 4.74 Å². The topological polar surface area (TPSA) is 9.23 Å². The second kappa shape index (κ2) is 4.31. The van der Waals surface area contributed by atoms with Crippen molar-refractivity contribution in [3.63, 3.8) is 0 Å². The first-order valence-electron chi connectivity index (χ1n) is 4.10. The zero-order chi connectivity index (χ0) is 8.27. The van der Waals surface area contributed by atoms with Crippen molar-refractivity contribution in [3.8, 4) is 0 Å². The van der Waals surface area contributed by atoms with E-state index in [9.17, 15) is 4.39 Å². The van der Waals surface area contributed by atoms with Gasteiger partial charge in [0.1, 0.15) is 11.6 Å². The Hall–Kier alpha value is 0.240. The van der Waals surface area contributed by atoms with Crippen LogP contribution < -0.4 is 0 Å². The number of hydrogen-bond acceptors (Lipinski definition) is 2. The fourth-order valence-electron chi connectivity index (χ4n) is 1.40. The quantitative estimate of drug-likeness (QED) is 0.657. The molecule has 0 spiro atoms. The Balaban J connectivity index is 2.30. The van der Waals surface area contributed by atoms with Crippen molar-refractivity contribution in [2.75, 3.05) is 6.26 Å². The Kier molecular flexibility index (Phi) is 3.66. The van der Waals surface area contributed by atoms with Gasteiger partial charge in [-0.1, -0.05) is 13.3 Å². The largest absolute Gasteiger partial charge is 0.361 e. The normalized spacial score (nSPS) is 37.9. The smallest absolute Gasteiger partial charge is 0.138 e. The monoisotopic (exact) mass is 178 g/mol. The van der Waals surface area contributed by atoms with Gasteiger partial charge in [0.05, 0.1) is 6.10 Å². The second-order valence-corrected chi connectivity index (χ2v) is 3.84. The van der Waals surface area contributed by atoms with Gasteiger partial charge in [-0.3, -0.25) is 0 Å². The predicted octanol–water partition coefficient (Wildman–Crippen LogP) is 2.60. The van der Waals surface area contributed by atoms with Crippen molar-refractivity contribution in [2.24, 2.45) is 0 Å². The lowest BCUT2D eigenvalue weighted by atomic mass is 10.1. The molecular formula is C8H15FOS. The molecule has 0 amide bonds. The van der Waals surface area contributed by atoms with Gasteiger partial charge in [-0.25, -0.2) is 4.39 Å². The van der Waals surface area contributed by atoms with Crippen LogP contribution in [0.25, 0.3) is 0 Å². The van der Waals surface area contributed by atoms with Crippen LogP contribution in [0.2, 0.25) is 0 Å². The molecule has 0 saturated carbocycles. The maximum absolute atomic E-state index is 13.0. The number of halogens is 1. The average Bonchev–Trinajstić information content (AvgIpc) is 2.32. The zero-order valence-electron chi connectivity index (χ0n) is 7.05. The molecule has 1 fully saturated rings. The molecule has 1 nitrogen and oxygen atoms in total. The van der Waals surface area contributed by atoms with Gasteiger partial charge in [-0.15, -0.1) is 11.8 Å². The van der Waals surface area contributed by atoms with Gasteiger partial charge >= 0.3 is 0 Å². The third kappa shape index (κ3) is 2.34. The van der Waals surface area contributed by atoms with E-state index in [-0.39, 0.29) is 11.5 Å². The molecular weight excluding hydrogens is 163 g/mol. The minimum atomic E-state index is -0.749. The number of alkyl halides is 1. The summed E-state index contributed by atoms with van der Waals surface area (Å²) in [6, 6.07) is 0. The highest BCUT2D eigenvalue weighted by Crippen LogP contribution is 2.31. The van der Waals surface area contributed by atoms with Crippen molar-refractivity contribution in [1.29, 1.82) is 0 Å². The van der Waals surface area contributed by atoms with Crippen molar-refractivity contribution in [2.45, 2.75) is 43.9 Å². The number of rotatable bonds is 3. The van der Waals surface area contributed by atoms with Crippen LogP contribution in [0.3, 0.4) is 0 Å². The molecule has 3 atom stereocenters. The molecule has 1 saturated heterocycles. The highest BCUT2D eigenvalue weighted by molar-refractivity contribution is 7.99. The number of thioether (sulfide) groups is 1. The summed E-state index contributed by atoms with van der Waals surface area (Å²) in [5.74, 6) is 0. The van der Waals surface area contributed by atoms with Crippen molar-refractivity contribution >= 4 is 11.8 Å². The SMILES string of the molecule is CCCC1CC(F)C(SC)O1. The lowest BCUT2D eigenvalue weighted by molar-refractivity contribution is 0.0763. The molecule has 1 aliphatic rings. The van der Waals surface area contributed by atoms with Crippen molar-refractivity contribution in [1.82, 2.24) is 0 Å². The summed E-state index contributed by atoms with van der Waals surface area (Å²) < 4.78 is 18.5. The van der Waals surface area contributed by atoms with E-state index in [0.29, 0.717) is 6.42 Å². The Morgan fingerprint density at radius 2 is 2.36 bits per heavy atom. The molecule has 0 aromatic heterocycles. The van der Waals surface area contributed by atoms with E-state index >= 15 is 0 Å². The molecule has 66 valence electrons. The first kappa shape index (κ1) is 9.33. The molecule has 0 N–H and O–H groups in total. The molecule has 0 aromatic rings. The number of hydrogen-bond donors (Lipinski definition) is 0. The van der Waals surface area contributed by atoms with Crippen molar-refractivity contribution in [3.05, 3.63) is 0 Å². The maximum Gasteiger partial charge on any atom is 0.138 e. The first-order valence-corrected chi connectivity index (χ1v) is 5.39. The lowest BCUT2D eigenvalue weighted by Crippen LogP contribution is -2.11. The Labute approximate surface area is 71.7 Å². The van der Waals surface area contributed by atoms with Gasteiger partial charge in [0.15, 0.2) is 0 Å². The minimum absolute atomic E-state index is 0.174.